The summed E-state index contributed by atoms with van der Waals surface area (Å²) in [6, 6.07) is 8.64. The highest BCUT2D eigenvalue weighted by Crippen LogP contribution is 2.43. The smallest absolute Gasteiger partial charge is 0.137 e. The van der Waals surface area contributed by atoms with Gasteiger partial charge in [0.15, 0.2) is 0 Å². The number of hydrogen-bond acceptors (Lipinski definition) is 2. The molecule has 2 aromatic rings. The summed E-state index contributed by atoms with van der Waals surface area (Å²) in [5, 5.41) is 1.23. The van der Waals surface area contributed by atoms with Crippen LogP contribution >= 0.6 is 0 Å². The molecule has 0 amide bonds. The van der Waals surface area contributed by atoms with E-state index >= 15 is 0 Å². The molecule has 1 fully saturated rings. The Hall–Kier alpha value is -1.28. The molecule has 3 unspecified atom stereocenters. The van der Waals surface area contributed by atoms with Crippen molar-refractivity contribution in [3.05, 3.63) is 35.6 Å². The Bertz CT molecular complexity index is 601. The second kappa shape index (κ2) is 6.23. The first-order valence-corrected chi connectivity index (χ1v) is 8.42. The molecule has 3 rings (SSSR count). The highest BCUT2D eigenvalue weighted by Gasteiger charge is 2.32. The zero-order valence-electron chi connectivity index (χ0n) is 13.3. The summed E-state index contributed by atoms with van der Waals surface area (Å²) in [5.41, 5.74) is 8.32. The van der Waals surface area contributed by atoms with Gasteiger partial charge in [-0.15, -0.1) is 0 Å². The van der Waals surface area contributed by atoms with E-state index in [1.807, 2.05) is 0 Å². The molecule has 21 heavy (non-hydrogen) atoms. The number of hydrogen-bond donors (Lipinski definition) is 1. The maximum absolute atomic E-state index is 6.24. The molecule has 0 saturated heterocycles. The van der Waals surface area contributed by atoms with E-state index < -0.39 is 0 Å². The second-order valence-electron chi connectivity index (χ2n) is 6.71. The Morgan fingerprint density at radius 2 is 2.14 bits per heavy atom. The van der Waals surface area contributed by atoms with Crippen LogP contribution in [0.2, 0.25) is 0 Å². The third kappa shape index (κ3) is 2.87. The molecular weight excluding hydrogens is 258 g/mol. The highest BCUT2D eigenvalue weighted by molar-refractivity contribution is 5.81. The average molecular weight is 285 g/mol. The number of benzene rings is 1. The van der Waals surface area contributed by atoms with E-state index in [2.05, 4.69) is 38.1 Å². The Kier molecular flexibility index (Phi) is 4.34. The highest BCUT2D eigenvalue weighted by atomic mass is 16.3. The molecule has 114 valence electrons. The zero-order valence-corrected chi connectivity index (χ0v) is 13.3. The van der Waals surface area contributed by atoms with Crippen molar-refractivity contribution < 1.29 is 4.42 Å². The van der Waals surface area contributed by atoms with Crippen LogP contribution in [0.1, 0.15) is 56.3 Å². The molecule has 1 aliphatic rings. The number of nitrogens with two attached hydrogens (primary N) is 1. The van der Waals surface area contributed by atoms with E-state index in [-0.39, 0.29) is 0 Å². The van der Waals surface area contributed by atoms with Gasteiger partial charge in [0.05, 0.1) is 0 Å². The molecule has 0 radical (unpaired) electrons. The maximum Gasteiger partial charge on any atom is 0.137 e. The fourth-order valence-corrected chi connectivity index (χ4v) is 4.03. The van der Waals surface area contributed by atoms with Crippen molar-refractivity contribution in [2.45, 2.75) is 51.9 Å². The quantitative estimate of drug-likeness (QED) is 0.858. The minimum Gasteiger partial charge on any atom is -0.460 e. The van der Waals surface area contributed by atoms with Gasteiger partial charge in [0, 0.05) is 11.3 Å². The van der Waals surface area contributed by atoms with E-state index in [0.29, 0.717) is 11.8 Å². The minimum absolute atomic E-state index is 0.507. The summed E-state index contributed by atoms with van der Waals surface area (Å²) >= 11 is 0. The fourth-order valence-electron chi connectivity index (χ4n) is 4.03. The minimum atomic E-state index is 0.507. The van der Waals surface area contributed by atoms with E-state index in [4.69, 9.17) is 10.2 Å². The third-order valence-corrected chi connectivity index (χ3v) is 5.23. The Morgan fingerprint density at radius 3 is 2.86 bits per heavy atom. The van der Waals surface area contributed by atoms with Crippen LogP contribution in [-0.2, 0) is 0 Å². The van der Waals surface area contributed by atoms with Gasteiger partial charge in [0.2, 0.25) is 0 Å². The molecule has 1 saturated carbocycles. The van der Waals surface area contributed by atoms with Crippen LogP contribution in [-0.4, -0.2) is 6.54 Å². The molecule has 0 aliphatic heterocycles. The van der Waals surface area contributed by atoms with Crippen molar-refractivity contribution in [3.8, 4) is 0 Å². The zero-order chi connectivity index (χ0) is 14.8. The van der Waals surface area contributed by atoms with Crippen molar-refractivity contribution in [2.24, 2.45) is 17.6 Å². The maximum atomic E-state index is 6.24. The predicted octanol–water partition coefficient (Wildman–Crippen LogP) is 5.00. The Labute approximate surface area is 127 Å². The van der Waals surface area contributed by atoms with Gasteiger partial charge in [-0.2, -0.15) is 0 Å². The molecule has 0 spiro atoms. The van der Waals surface area contributed by atoms with Crippen molar-refractivity contribution in [1.82, 2.24) is 0 Å². The Balaban J connectivity index is 1.91. The van der Waals surface area contributed by atoms with Crippen LogP contribution in [0, 0.1) is 18.8 Å². The standard InChI is InChI=1S/C19H27NO/c1-3-5-14-8-9-16(12-20)17(10-14)18-11-15-7-4-6-13(2)19(15)21-18/h4,6-7,11,14,16-17H,3,5,8-10,12,20H2,1-2H3. The number of rotatable bonds is 4. The largest absolute Gasteiger partial charge is 0.460 e. The van der Waals surface area contributed by atoms with Crippen LogP contribution < -0.4 is 5.73 Å². The summed E-state index contributed by atoms with van der Waals surface area (Å²) in [4.78, 5) is 0. The summed E-state index contributed by atoms with van der Waals surface area (Å²) in [5.74, 6) is 3.10. The number of fused-ring (bicyclic) bond motifs is 1. The van der Waals surface area contributed by atoms with E-state index in [9.17, 15) is 0 Å². The van der Waals surface area contributed by atoms with Crippen molar-refractivity contribution in [1.29, 1.82) is 0 Å². The van der Waals surface area contributed by atoms with Crippen LogP contribution in [0.3, 0.4) is 0 Å². The van der Waals surface area contributed by atoms with Crippen LogP contribution in [0.15, 0.2) is 28.7 Å². The lowest BCUT2D eigenvalue weighted by Gasteiger charge is -2.34. The lowest BCUT2D eigenvalue weighted by Crippen LogP contribution is -2.28. The predicted molar refractivity (Wildman–Crippen MR) is 88.5 cm³/mol. The molecule has 1 aromatic carbocycles. The van der Waals surface area contributed by atoms with Crippen LogP contribution in [0.25, 0.3) is 11.0 Å². The summed E-state index contributed by atoms with van der Waals surface area (Å²) < 4.78 is 6.24. The van der Waals surface area contributed by atoms with Crippen molar-refractivity contribution >= 4 is 11.0 Å². The Morgan fingerprint density at radius 1 is 1.29 bits per heavy atom. The molecule has 2 N–H and O–H groups in total. The average Bonchev–Trinajstić information content (AvgIpc) is 2.93. The number of furan rings is 1. The van der Waals surface area contributed by atoms with Gasteiger partial charge in [-0.3, -0.25) is 0 Å². The van der Waals surface area contributed by atoms with Gasteiger partial charge in [0.1, 0.15) is 11.3 Å². The topological polar surface area (TPSA) is 39.2 Å². The summed E-state index contributed by atoms with van der Waals surface area (Å²) in [7, 11) is 0. The SMILES string of the molecule is CCCC1CCC(CN)C(c2cc3cccc(C)c3o2)C1. The fraction of sp³-hybridized carbons (Fsp3) is 0.579. The lowest BCUT2D eigenvalue weighted by atomic mass is 9.72. The molecule has 0 bridgehead atoms. The van der Waals surface area contributed by atoms with Gasteiger partial charge in [-0.25, -0.2) is 0 Å². The third-order valence-electron chi connectivity index (χ3n) is 5.23. The van der Waals surface area contributed by atoms with Crippen LogP contribution in [0.5, 0.6) is 0 Å². The molecular formula is C19H27NO. The molecule has 1 aliphatic carbocycles. The molecule has 2 nitrogen and oxygen atoms in total. The van der Waals surface area contributed by atoms with E-state index in [0.717, 1.165) is 23.8 Å². The van der Waals surface area contributed by atoms with Gasteiger partial charge >= 0.3 is 0 Å². The molecule has 1 heterocycles. The first-order chi connectivity index (χ1) is 10.2. The van der Waals surface area contributed by atoms with E-state index in [1.165, 1.54) is 43.1 Å². The molecule has 2 heteroatoms. The normalized spacial score (nSPS) is 26.3. The first-order valence-electron chi connectivity index (χ1n) is 8.42. The number of aryl methyl sites for hydroxylation is 1. The number of para-hydroxylation sites is 1. The molecule has 1 aromatic heterocycles. The van der Waals surface area contributed by atoms with Gasteiger partial charge in [-0.05, 0) is 49.8 Å². The van der Waals surface area contributed by atoms with E-state index in [1.54, 1.807) is 0 Å². The first kappa shape index (κ1) is 14.6. The lowest BCUT2D eigenvalue weighted by molar-refractivity contribution is 0.211. The summed E-state index contributed by atoms with van der Waals surface area (Å²) in [6.45, 7) is 5.19. The van der Waals surface area contributed by atoms with Crippen LogP contribution in [0.4, 0.5) is 0 Å². The second-order valence-corrected chi connectivity index (χ2v) is 6.71. The molecule has 3 atom stereocenters. The van der Waals surface area contributed by atoms with Crippen molar-refractivity contribution in [2.75, 3.05) is 6.54 Å². The monoisotopic (exact) mass is 285 g/mol. The summed E-state index contributed by atoms with van der Waals surface area (Å²) in [6.07, 6.45) is 6.46. The van der Waals surface area contributed by atoms with Gasteiger partial charge in [0.25, 0.3) is 0 Å². The van der Waals surface area contributed by atoms with Crippen molar-refractivity contribution in [3.63, 3.8) is 0 Å². The van der Waals surface area contributed by atoms with Gasteiger partial charge < -0.3 is 10.2 Å². The van der Waals surface area contributed by atoms with Gasteiger partial charge in [-0.1, -0.05) is 44.4 Å².